The third-order valence-corrected chi connectivity index (χ3v) is 4.76. The van der Waals surface area contributed by atoms with Gasteiger partial charge in [-0.1, -0.05) is 26.7 Å². The summed E-state index contributed by atoms with van der Waals surface area (Å²) in [5.41, 5.74) is 0. The minimum Gasteiger partial charge on any atom is -0.381 e. The van der Waals surface area contributed by atoms with Gasteiger partial charge < -0.3 is 15.4 Å². The second-order valence-corrected chi connectivity index (χ2v) is 7.03. The molecule has 2 fully saturated rings. The molecule has 2 aliphatic rings. The standard InChI is InChI=1S/C17H34N2O/c1-14(2)13-20-12-6-11-19-17-9-5-7-15(17)16-8-3-4-10-18-16/h14-19H,3-13H2,1-2H3. The molecule has 1 aliphatic heterocycles. The molecule has 0 bridgehead atoms. The van der Waals surface area contributed by atoms with Gasteiger partial charge in [-0.15, -0.1) is 0 Å². The molecule has 118 valence electrons. The highest BCUT2D eigenvalue weighted by atomic mass is 16.5. The van der Waals surface area contributed by atoms with E-state index in [0.29, 0.717) is 5.92 Å². The monoisotopic (exact) mass is 282 g/mol. The second kappa shape index (κ2) is 9.01. The third kappa shape index (κ3) is 5.34. The quantitative estimate of drug-likeness (QED) is 0.672. The summed E-state index contributed by atoms with van der Waals surface area (Å²) in [6.45, 7) is 8.57. The number of ether oxygens (including phenoxy) is 1. The van der Waals surface area contributed by atoms with Gasteiger partial charge in [0.25, 0.3) is 0 Å². The van der Waals surface area contributed by atoms with Crippen molar-refractivity contribution in [3.63, 3.8) is 0 Å². The van der Waals surface area contributed by atoms with Crippen molar-refractivity contribution in [1.82, 2.24) is 10.6 Å². The van der Waals surface area contributed by atoms with Crippen molar-refractivity contribution < 1.29 is 4.74 Å². The molecule has 1 aliphatic carbocycles. The van der Waals surface area contributed by atoms with Crippen LogP contribution in [-0.4, -0.2) is 38.4 Å². The lowest BCUT2D eigenvalue weighted by molar-refractivity contribution is 0.107. The molecule has 1 saturated heterocycles. The lowest BCUT2D eigenvalue weighted by Gasteiger charge is -2.33. The Balaban J connectivity index is 1.59. The van der Waals surface area contributed by atoms with Crippen LogP contribution in [0.15, 0.2) is 0 Å². The zero-order valence-electron chi connectivity index (χ0n) is 13.5. The molecule has 20 heavy (non-hydrogen) atoms. The predicted molar refractivity (Wildman–Crippen MR) is 85.0 cm³/mol. The minimum atomic E-state index is 0.652. The summed E-state index contributed by atoms with van der Waals surface area (Å²) in [6.07, 6.45) is 9.52. The van der Waals surface area contributed by atoms with Gasteiger partial charge in [-0.05, 0) is 57.0 Å². The molecule has 1 heterocycles. The second-order valence-electron chi connectivity index (χ2n) is 7.03. The highest BCUT2D eigenvalue weighted by Crippen LogP contribution is 2.31. The highest BCUT2D eigenvalue weighted by Gasteiger charge is 2.33. The van der Waals surface area contributed by atoms with E-state index < -0.39 is 0 Å². The Kier molecular flexibility index (Phi) is 7.32. The van der Waals surface area contributed by atoms with Crippen molar-refractivity contribution in [2.24, 2.45) is 11.8 Å². The molecule has 0 aromatic rings. The molecule has 2 N–H and O–H groups in total. The lowest BCUT2D eigenvalue weighted by Crippen LogP contribution is -2.47. The Morgan fingerprint density at radius 2 is 2.05 bits per heavy atom. The van der Waals surface area contributed by atoms with Crippen molar-refractivity contribution in [3.05, 3.63) is 0 Å². The van der Waals surface area contributed by atoms with E-state index in [2.05, 4.69) is 24.5 Å². The molecular formula is C17H34N2O. The Labute approximate surface area is 125 Å². The number of hydrogen-bond donors (Lipinski definition) is 2. The summed E-state index contributed by atoms with van der Waals surface area (Å²) in [5.74, 6) is 1.52. The zero-order chi connectivity index (χ0) is 14.2. The van der Waals surface area contributed by atoms with Crippen molar-refractivity contribution in [2.75, 3.05) is 26.3 Å². The molecule has 3 unspecified atom stereocenters. The fourth-order valence-corrected chi connectivity index (χ4v) is 3.75. The van der Waals surface area contributed by atoms with Gasteiger partial charge in [-0.3, -0.25) is 0 Å². The van der Waals surface area contributed by atoms with Crippen molar-refractivity contribution in [3.8, 4) is 0 Å². The van der Waals surface area contributed by atoms with E-state index in [9.17, 15) is 0 Å². The van der Waals surface area contributed by atoms with Gasteiger partial charge >= 0.3 is 0 Å². The van der Waals surface area contributed by atoms with Crippen LogP contribution < -0.4 is 10.6 Å². The van der Waals surface area contributed by atoms with Crippen LogP contribution in [0, 0.1) is 11.8 Å². The smallest absolute Gasteiger partial charge is 0.0489 e. The summed E-state index contributed by atoms with van der Waals surface area (Å²) < 4.78 is 5.65. The van der Waals surface area contributed by atoms with Crippen LogP contribution in [0.4, 0.5) is 0 Å². The SMILES string of the molecule is CC(C)COCCCNC1CCCC1C1CCCCN1. The predicted octanol–water partition coefficient (Wildman–Crippen LogP) is 2.95. The molecule has 0 radical (unpaired) electrons. The summed E-state index contributed by atoms with van der Waals surface area (Å²) in [6, 6.07) is 1.52. The molecule has 3 nitrogen and oxygen atoms in total. The topological polar surface area (TPSA) is 33.3 Å². The van der Waals surface area contributed by atoms with Crippen molar-refractivity contribution >= 4 is 0 Å². The molecule has 3 atom stereocenters. The molecule has 3 heteroatoms. The average molecular weight is 282 g/mol. The van der Waals surface area contributed by atoms with Crippen LogP contribution in [-0.2, 0) is 4.74 Å². The molecule has 0 aromatic heterocycles. The largest absolute Gasteiger partial charge is 0.381 e. The first-order valence-corrected chi connectivity index (χ1v) is 8.82. The normalized spacial score (nSPS) is 31.1. The van der Waals surface area contributed by atoms with Gasteiger partial charge in [0.2, 0.25) is 0 Å². The lowest BCUT2D eigenvalue weighted by atomic mass is 9.88. The summed E-state index contributed by atoms with van der Waals surface area (Å²) in [5, 5.41) is 7.55. The van der Waals surface area contributed by atoms with E-state index in [1.807, 2.05) is 0 Å². The average Bonchev–Trinajstić information content (AvgIpc) is 2.92. The van der Waals surface area contributed by atoms with Gasteiger partial charge in [0.1, 0.15) is 0 Å². The first-order chi connectivity index (χ1) is 9.77. The summed E-state index contributed by atoms with van der Waals surface area (Å²) in [4.78, 5) is 0. The van der Waals surface area contributed by atoms with Crippen LogP contribution >= 0.6 is 0 Å². The van der Waals surface area contributed by atoms with E-state index in [-0.39, 0.29) is 0 Å². The van der Waals surface area contributed by atoms with Gasteiger partial charge in [-0.2, -0.15) is 0 Å². The molecule has 2 rings (SSSR count). The molecular weight excluding hydrogens is 248 g/mol. The number of piperidine rings is 1. The Morgan fingerprint density at radius 1 is 1.15 bits per heavy atom. The Morgan fingerprint density at radius 3 is 2.80 bits per heavy atom. The summed E-state index contributed by atoms with van der Waals surface area (Å²) in [7, 11) is 0. The van der Waals surface area contributed by atoms with E-state index >= 15 is 0 Å². The fraction of sp³-hybridized carbons (Fsp3) is 1.00. The van der Waals surface area contributed by atoms with E-state index in [4.69, 9.17) is 4.74 Å². The van der Waals surface area contributed by atoms with Gasteiger partial charge in [-0.25, -0.2) is 0 Å². The molecule has 1 saturated carbocycles. The molecule has 0 amide bonds. The maximum absolute atomic E-state index is 5.65. The van der Waals surface area contributed by atoms with E-state index in [0.717, 1.165) is 44.2 Å². The zero-order valence-corrected chi connectivity index (χ0v) is 13.5. The highest BCUT2D eigenvalue weighted by molar-refractivity contribution is 4.92. The Hall–Kier alpha value is -0.120. The van der Waals surface area contributed by atoms with E-state index in [1.165, 1.54) is 45.1 Å². The van der Waals surface area contributed by atoms with Gasteiger partial charge in [0, 0.05) is 25.3 Å². The molecule has 0 aromatic carbocycles. The maximum atomic E-state index is 5.65. The number of hydrogen-bond acceptors (Lipinski definition) is 3. The van der Waals surface area contributed by atoms with Crippen LogP contribution in [0.2, 0.25) is 0 Å². The van der Waals surface area contributed by atoms with Gasteiger partial charge in [0.05, 0.1) is 0 Å². The minimum absolute atomic E-state index is 0.652. The first-order valence-electron chi connectivity index (χ1n) is 8.82. The van der Waals surface area contributed by atoms with Crippen molar-refractivity contribution in [1.29, 1.82) is 0 Å². The maximum Gasteiger partial charge on any atom is 0.0489 e. The molecule has 0 spiro atoms. The van der Waals surface area contributed by atoms with Crippen LogP contribution in [0.25, 0.3) is 0 Å². The van der Waals surface area contributed by atoms with Crippen LogP contribution in [0.3, 0.4) is 0 Å². The summed E-state index contributed by atoms with van der Waals surface area (Å²) >= 11 is 0. The number of nitrogens with one attached hydrogen (secondary N) is 2. The van der Waals surface area contributed by atoms with Crippen molar-refractivity contribution in [2.45, 2.75) is 70.9 Å². The van der Waals surface area contributed by atoms with E-state index in [1.54, 1.807) is 0 Å². The van der Waals surface area contributed by atoms with Gasteiger partial charge in [0.15, 0.2) is 0 Å². The van der Waals surface area contributed by atoms with Crippen LogP contribution in [0.1, 0.15) is 58.8 Å². The Bertz CT molecular complexity index is 251. The first kappa shape index (κ1) is 16.3. The fourth-order valence-electron chi connectivity index (χ4n) is 3.75. The number of rotatable bonds is 8. The van der Waals surface area contributed by atoms with Crippen LogP contribution in [0.5, 0.6) is 0 Å². The third-order valence-electron chi connectivity index (χ3n) is 4.76.